The van der Waals surface area contributed by atoms with Crippen LogP contribution in [0, 0.1) is 22.0 Å². The second-order valence-electron chi connectivity index (χ2n) is 9.42. The fourth-order valence-corrected chi connectivity index (χ4v) is 5.78. The van der Waals surface area contributed by atoms with Crippen molar-refractivity contribution >= 4 is 28.9 Å². The zero-order valence-electron chi connectivity index (χ0n) is 19.3. The molecule has 2 fully saturated rings. The number of amides is 2. The van der Waals surface area contributed by atoms with Gasteiger partial charge in [-0.1, -0.05) is 43.2 Å². The normalized spacial score (nSPS) is 22.4. The highest BCUT2D eigenvalue weighted by molar-refractivity contribution is 5.99. The van der Waals surface area contributed by atoms with Crippen molar-refractivity contribution in [3.8, 4) is 0 Å². The molecule has 2 unspecified atom stereocenters. The summed E-state index contributed by atoms with van der Waals surface area (Å²) in [6.07, 6.45) is 4.30. The molecule has 0 aromatic heterocycles. The number of hydrogen-bond donors (Lipinski definition) is 0. The summed E-state index contributed by atoms with van der Waals surface area (Å²) >= 11 is 0. The molecule has 8 nitrogen and oxygen atoms in total. The number of carbonyl (C=O) groups is 2. The van der Waals surface area contributed by atoms with Crippen molar-refractivity contribution in [2.75, 3.05) is 42.5 Å². The van der Waals surface area contributed by atoms with Gasteiger partial charge in [-0.3, -0.25) is 19.7 Å². The van der Waals surface area contributed by atoms with E-state index >= 15 is 0 Å². The van der Waals surface area contributed by atoms with Gasteiger partial charge in [0.15, 0.2) is 0 Å². The van der Waals surface area contributed by atoms with Gasteiger partial charge < -0.3 is 14.7 Å². The Morgan fingerprint density at radius 2 is 1.41 bits per heavy atom. The lowest BCUT2D eigenvalue weighted by molar-refractivity contribution is -0.384. The fraction of sp³-hybridized carbons (Fsp3) is 0.462. The number of nitro benzene ring substituents is 1. The molecule has 5 rings (SSSR count). The van der Waals surface area contributed by atoms with Crippen LogP contribution in [0.5, 0.6) is 0 Å². The predicted octanol–water partition coefficient (Wildman–Crippen LogP) is 3.64. The van der Waals surface area contributed by atoms with Gasteiger partial charge in [0, 0.05) is 50.4 Å². The molecule has 0 N–H and O–H groups in total. The Kier molecular flexibility index (Phi) is 6.22. The van der Waals surface area contributed by atoms with E-state index in [4.69, 9.17) is 0 Å². The first-order chi connectivity index (χ1) is 16.5. The van der Waals surface area contributed by atoms with Gasteiger partial charge >= 0.3 is 0 Å². The maximum Gasteiger partial charge on any atom is 0.292 e. The number of hydrogen-bond acceptors (Lipinski definition) is 5. The summed E-state index contributed by atoms with van der Waals surface area (Å²) in [5.41, 5.74) is 2.87. The minimum Gasteiger partial charge on any atom is -0.362 e. The fourth-order valence-electron chi connectivity index (χ4n) is 5.78. The lowest BCUT2D eigenvalue weighted by atomic mass is 9.77. The molecule has 2 heterocycles. The Morgan fingerprint density at radius 1 is 0.794 bits per heavy atom. The Balaban J connectivity index is 1.27. The van der Waals surface area contributed by atoms with E-state index in [1.165, 1.54) is 11.6 Å². The van der Waals surface area contributed by atoms with Gasteiger partial charge in [-0.05, 0) is 37.0 Å². The molecule has 0 spiro atoms. The summed E-state index contributed by atoms with van der Waals surface area (Å²) in [5, 5.41) is 11.4. The van der Waals surface area contributed by atoms with Gasteiger partial charge in [-0.25, -0.2) is 0 Å². The third kappa shape index (κ3) is 4.13. The summed E-state index contributed by atoms with van der Waals surface area (Å²) < 4.78 is 0. The van der Waals surface area contributed by atoms with E-state index in [-0.39, 0.29) is 34.3 Å². The topological polar surface area (TPSA) is 87.0 Å². The van der Waals surface area contributed by atoms with Crippen molar-refractivity contribution < 1.29 is 14.5 Å². The molecular formula is C26H30N4O4. The second-order valence-corrected chi connectivity index (χ2v) is 9.42. The minimum atomic E-state index is -0.360. The van der Waals surface area contributed by atoms with Crippen molar-refractivity contribution in [3.05, 3.63) is 64.2 Å². The smallest absolute Gasteiger partial charge is 0.292 e. The number of rotatable bonds is 4. The third-order valence-corrected chi connectivity index (χ3v) is 7.56. The minimum absolute atomic E-state index is 0.0627. The van der Waals surface area contributed by atoms with Crippen LogP contribution in [-0.2, 0) is 16.0 Å². The predicted molar refractivity (Wildman–Crippen MR) is 130 cm³/mol. The zero-order valence-corrected chi connectivity index (χ0v) is 19.3. The van der Waals surface area contributed by atoms with Crippen LogP contribution in [0.4, 0.5) is 17.1 Å². The summed E-state index contributed by atoms with van der Waals surface area (Å²) in [6, 6.07) is 14.8. The Hall–Kier alpha value is -3.42. The Morgan fingerprint density at radius 3 is 2.12 bits per heavy atom. The highest BCUT2D eigenvalue weighted by atomic mass is 16.6. The van der Waals surface area contributed by atoms with E-state index in [1.54, 1.807) is 18.2 Å². The molecule has 178 valence electrons. The molecule has 0 radical (unpaired) electrons. The number of carbonyl (C=O) groups excluding carboxylic acids is 2. The molecule has 1 aliphatic carbocycles. The summed E-state index contributed by atoms with van der Waals surface area (Å²) in [4.78, 5) is 43.9. The first-order valence-electron chi connectivity index (χ1n) is 12.2. The molecule has 1 saturated heterocycles. The average molecular weight is 463 g/mol. The summed E-state index contributed by atoms with van der Waals surface area (Å²) in [5.74, 6) is -0.415. The van der Waals surface area contributed by atoms with E-state index < -0.39 is 0 Å². The van der Waals surface area contributed by atoms with Crippen molar-refractivity contribution in [3.63, 3.8) is 0 Å². The molecular weight excluding hydrogens is 432 g/mol. The van der Waals surface area contributed by atoms with Crippen LogP contribution in [0.1, 0.15) is 31.2 Å². The zero-order chi connectivity index (χ0) is 23.7. The quantitative estimate of drug-likeness (QED) is 0.511. The number of nitrogens with zero attached hydrogens (tertiary/aromatic N) is 4. The number of piperazine rings is 1. The van der Waals surface area contributed by atoms with Crippen LogP contribution >= 0.6 is 0 Å². The van der Waals surface area contributed by atoms with E-state index in [1.807, 2.05) is 32.9 Å². The Bertz CT molecular complexity index is 1100. The molecule has 2 aliphatic heterocycles. The highest BCUT2D eigenvalue weighted by Gasteiger charge is 2.41. The van der Waals surface area contributed by atoms with Crippen LogP contribution in [0.2, 0.25) is 0 Å². The van der Waals surface area contributed by atoms with E-state index in [2.05, 4.69) is 6.07 Å². The third-order valence-electron chi connectivity index (χ3n) is 7.56. The molecule has 34 heavy (non-hydrogen) atoms. The van der Waals surface area contributed by atoms with Crippen molar-refractivity contribution in [2.45, 2.75) is 32.1 Å². The van der Waals surface area contributed by atoms with Crippen LogP contribution in [0.3, 0.4) is 0 Å². The van der Waals surface area contributed by atoms with Crippen molar-refractivity contribution in [1.29, 1.82) is 0 Å². The van der Waals surface area contributed by atoms with Gasteiger partial charge in [0.05, 0.1) is 10.8 Å². The molecule has 1 saturated carbocycles. The number of nitro groups is 1. The van der Waals surface area contributed by atoms with Crippen molar-refractivity contribution in [1.82, 2.24) is 4.90 Å². The van der Waals surface area contributed by atoms with E-state index in [0.29, 0.717) is 38.4 Å². The molecule has 2 amide bonds. The highest BCUT2D eigenvalue weighted by Crippen LogP contribution is 2.37. The van der Waals surface area contributed by atoms with E-state index in [9.17, 15) is 19.7 Å². The SMILES string of the molecule is O=C(C1CCCCC1C(=O)N1CCc2ccccc21)N1CCN(c2ccccc2[N+](=O)[O-])CC1. The summed E-state index contributed by atoms with van der Waals surface area (Å²) in [7, 11) is 0. The number of fused-ring (bicyclic) bond motifs is 1. The van der Waals surface area contributed by atoms with Crippen molar-refractivity contribution in [2.24, 2.45) is 11.8 Å². The Labute approximate surface area is 199 Å². The van der Waals surface area contributed by atoms with Gasteiger partial charge in [0.1, 0.15) is 5.69 Å². The first-order valence-corrected chi connectivity index (χ1v) is 12.2. The molecule has 8 heteroatoms. The number of para-hydroxylation sites is 3. The molecule has 2 aromatic carbocycles. The standard InChI is InChI=1S/C26H30N4O4/c31-25(28-17-15-27(16-18-28)23-11-5-6-12-24(23)30(33)34)20-8-2-3-9-21(20)26(32)29-14-13-19-7-1-4-10-22(19)29/h1,4-7,10-12,20-21H,2-3,8-9,13-18H2. The average Bonchev–Trinajstić information content (AvgIpc) is 3.32. The second kappa shape index (κ2) is 9.44. The number of anilines is 2. The van der Waals surface area contributed by atoms with Crippen LogP contribution in [-0.4, -0.2) is 54.4 Å². The lowest BCUT2D eigenvalue weighted by Gasteiger charge is -2.40. The maximum atomic E-state index is 13.6. The monoisotopic (exact) mass is 462 g/mol. The van der Waals surface area contributed by atoms with Crippen LogP contribution in [0.25, 0.3) is 0 Å². The first kappa shape index (κ1) is 22.4. The van der Waals surface area contributed by atoms with Gasteiger partial charge in [0.25, 0.3) is 5.69 Å². The van der Waals surface area contributed by atoms with Gasteiger partial charge in [0.2, 0.25) is 11.8 Å². The largest absolute Gasteiger partial charge is 0.362 e. The van der Waals surface area contributed by atoms with Crippen LogP contribution in [0.15, 0.2) is 48.5 Å². The van der Waals surface area contributed by atoms with Gasteiger partial charge in [-0.15, -0.1) is 0 Å². The number of benzene rings is 2. The summed E-state index contributed by atoms with van der Waals surface area (Å²) in [6.45, 7) is 2.79. The van der Waals surface area contributed by atoms with Gasteiger partial charge in [-0.2, -0.15) is 0 Å². The molecule has 2 atom stereocenters. The lowest BCUT2D eigenvalue weighted by Crippen LogP contribution is -2.53. The molecule has 2 aromatic rings. The van der Waals surface area contributed by atoms with E-state index in [0.717, 1.165) is 37.8 Å². The van der Waals surface area contributed by atoms with Crippen LogP contribution < -0.4 is 9.80 Å². The maximum absolute atomic E-state index is 13.6. The molecule has 3 aliphatic rings. The molecule has 0 bridgehead atoms.